The molecule has 0 aliphatic rings. The number of nitrogens with two attached hydrogens (primary N) is 1. The lowest BCUT2D eigenvalue weighted by molar-refractivity contribution is -0.130. The molecule has 2 rings (SSSR count). The molecule has 0 bridgehead atoms. The summed E-state index contributed by atoms with van der Waals surface area (Å²) in [4.78, 5) is 23.3. The zero-order valence-electron chi connectivity index (χ0n) is 12.1. The van der Waals surface area contributed by atoms with Gasteiger partial charge < -0.3 is 11.1 Å². The topological polar surface area (TPSA) is 104 Å². The first-order chi connectivity index (χ1) is 10.6. The molecule has 0 aliphatic heterocycles. The Hall–Kier alpha value is -2.44. The highest BCUT2D eigenvalue weighted by Gasteiger charge is 2.12. The van der Waals surface area contributed by atoms with Crippen LogP contribution in [0.3, 0.4) is 0 Å². The maximum atomic E-state index is 12.2. The van der Waals surface area contributed by atoms with E-state index in [9.17, 15) is 9.59 Å². The summed E-state index contributed by atoms with van der Waals surface area (Å²) in [5.41, 5.74) is 7.68. The molecule has 5 N–H and O–H groups in total. The van der Waals surface area contributed by atoms with Gasteiger partial charge in [0.05, 0.1) is 6.04 Å². The molecule has 0 fully saturated rings. The van der Waals surface area contributed by atoms with Crippen LogP contribution in [0.15, 0.2) is 42.5 Å². The third-order valence-electron chi connectivity index (χ3n) is 3.46. The highest BCUT2D eigenvalue weighted by Crippen LogP contribution is 2.18. The number of benzene rings is 2. The number of nitrogens with one attached hydrogen (secondary N) is 2. The number of carbonyl (C=O) groups is 2. The van der Waals surface area contributed by atoms with E-state index < -0.39 is 11.9 Å². The van der Waals surface area contributed by atoms with Gasteiger partial charge in [-0.3, -0.25) is 14.8 Å². The van der Waals surface area contributed by atoms with E-state index in [2.05, 4.69) is 5.32 Å². The molecule has 2 amide bonds. The van der Waals surface area contributed by atoms with E-state index in [0.29, 0.717) is 24.9 Å². The second kappa shape index (κ2) is 7.53. The monoisotopic (exact) mass is 301 g/mol. The number of amides is 2. The summed E-state index contributed by atoms with van der Waals surface area (Å²) in [7, 11) is 0. The van der Waals surface area contributed by atoms with Gasteiger partial charge in [0.1, 0.15) is 0 Å². The van der Waals surface area contributed by atoms with Crippen molar-refractivity contribution in [3.8, 4) is 0 Å². The van der Waals surface area contributed by atoms with Crippen LogP contribution in [0.4, 0.5) is 0 Å². The maximum absolute atomic E-state index is 12.2. The molecule has 6 nitrogen and oxygen atoms in total. The van der Waals surface area contributed by atoms with Crippen molar-refractivity contribution >= 4 is 22.6 Å². The quantitative estimate of drug-likeness (QED) is 0.365. The molecule has 6 heteroatoms. The second-order valence-electron chi connectivity index (χ2n) is 5.01. The average molecular weight is 301 g/mol. The predicted octanol–water partition coefficient (Wildman–Crippen LogP) is 1.18. The van der Waals surface area contributed by atoms with Crippen LogP contribution in [0.1, 0.15) is 23.2 Å². The molecule has 2 aromatic rings. The van der Waals surface area contributed by atoms with E-state index in [0.717, 1.165) is 10.8 Å². The van der Waals surface area contributed by atoms with Crippen LogP contribution in [-0.2, 0) is 4.79 Å². The van der Waals surface area contributed by atoms with E-state index in [4.69, 9.17) is 10.9 Å². The highest BCUT2D eigenvalue weighted by molar-refractivity contribution is 6.06. The molecule has 0 saturated carbocycles. The van der Waals surface area contributed by atoms with Crippen molar-refractivity contribution < 1.29 is 14.8 Å². The molecule has 1 atom stereocenters. The summed E-state index contributed by atoms with van der Waals surface area (Å²) < 4.78 is 0. The van der Waals surface area contributed by atoms with E-state index in [1.807, 2.05) is 36.4 Å². The number of fused-ring (bicyclic) bond motifs is 1. The fourth-order valence-corrected chi connectivity index (χ4v) is 2.26. The third kappa shape index (κ3) is 3.81. The molecular formula is C16H19N3O3. The molecular weight excluding hydrogens is 282 g/mol. The fraction of sp³-hybridized carbons (Fsp3) is 0.250. The summed E-state index contributed by atoms with van der Waals surface area (Å²) >= 11 is 0. The normalized spacial score (nSPS) is 11.9. The molecule has 0 heterocycles. The first-order valence-corrected chi connectivity index (χ1v) is 7.09. The first kappa shape index (κ1) is 15.9. The molecule has 2 aromatic carbocycles. The average Bonchev–Trinajstić information content (AvgIpc) is 2.56. The van der Waals surface area contributed by atoms with Crippen LogP contribution < -0.4 is 16.5 Å². The Morgan fingerprint density at radius 2 is 1.86 bits per heavy atom. The predicted molar refractivity (Wildman–Crippen MR) is 83.4 cm³/mol. The van der Waals surface area contributed by atoms with E-state index >= 15 is 0 Å². The lowest BCUT2D eigenvalue weighted by Gasteiger charge is -2.10. The summed E-state index contributed by atoms with van der Waals surface area (Å²) in [6, 6.07) is 12.5. The van der Waals surface area contributed by atoms with E-state index in [-0.39, 0.29) is 5.91 Å². The molecule has 22 heavy (non-hydrogen) atoms. The standard InChI is InChI=1S/C16H19N3O3/c17-14(16(21)19-22)9-4-10-18-15(20)13-8-3-6-11-5-1-2-7-12(11)13/h1-3,5-8,14,22H,4,9-10,17H2,(H,18,20)(H,19,21)/t14-/m0/s1. The number of hydroxylamine groups is 1. The van der Waals surface area contributed by atoms with Crippen LogP contribution in [0.25, 0.3) is 10.8 Å². The Kier molecular flexibility index (Phi) is 5.46. The van der Waals surface area contributed by atoms with Gasteiger partial charge in [0.15, 0.2) is 0 Å². The number of rotatable bonds is 6. The Morgan fingerprint density at radius 3 is 2.64 bits per heavy atom. The maximum Gasteiger partial charge on any atom is 0.260 e. The largest absolute Gasteiger partial charge is 0.352 e. The molecule has 0 aliphatic carbocycles. The van der Waals surface area contributed by atoms with Crippen molar-refractivity contribution in [3.63, 3.8) is 0 Å². The summed E-state index contributed by atoms with van der Waals surface area (Å²) in [5.74, 6) is -0.780. The first-order valence-electron chi connectivity index (χ1n) is 7.09. The summed E-state index contributed by atoms with van der Waals surface area (Å²) in [6.07, 6.45) is 0.924. The van der Waals surface area contributed by atoms with Crippen LogP contribution >= 0.6 is 0 Å². The minimum atomic E-state index is -0.778. The van der Waals surface area contributed by atoms with Gasteiger partial charge in [-0.25, -0.2) is 5.48 Å². The van der Waals surface area contributed by atoms with Crippen molar-refractivity contribution in [2.45, 2.75) is 18.9 Å². The Bertz CT molecular complexity index is 667. The molecule has 0 radical (unpaired) electrons. The Morgan fingerprint density at radius 1 is 1.14 bits per heavy atom. The minimum Gasteiger partial charge on any atom is -0.352 e. The van der Waals surface area contributed by atoms with Crippen molar-refractivity contribution in [1.82, 2.24) is 10.8 Å². The highest BCUT2D eigenvalue weighted by atomic mass is 16.5. The van der Waals surface area contributed by atoms with Crippen LogP contribution in [-0.4, -0.2) is 29.6 Å². The van der Waals surface area contributed by atoms with Gasteiger partial charge >= 0.3 is 0 Å². The number of carbonyl (C=O) groups excluding carboxylic acids is 2. The number of hydrogen-bond donors (Lipinski definition) is 4. The number of hydrogen-bond acceptors (Lipinski definition) is 4. The molecule has 0 saturated heterocycles. The minimum absolute atomic E-state index is 0.156. The van der Waals surface area contributed by atoms with Crippen LogP contribution in [0.2, 0.25) is 0 Å². The van der Waals surface area contributed by atoms with Gasteiger partial charge in [0.25, 0.3) is 11.8 Å². The van der Waals surface area contributed by atoms with E-state index in [1.54, 1.807) is 6.07 Å². The second-order valence-corrected chi connectivity index (χ2v) is 5.01. The van der Waals surface area contributed by atoms with Crippen molar-refractivity contribution in [3.05, 3.63) is 48.0 Å². The fourth-order valence-electron chi connectivity index (χ4n) is 2.26. The zero-order chi connectivity index (χ0) is 15.9. The van der Waals surface area contributed by atoms with Crippen molar-refractivity contribution in [1.29, 1.82) is 0 Å². The molecule has 116 valence electrons. The van der Waals surface area contributed by atoms with Crippen molar-refractivity contribution in [2.24, 2.45) is 5.73 Å². The zero-order valence-corrected chi connectivity index (χ0v) is 12.1. The van der Waals surface area contributed by atoms with Crippen LogP contribution in [0, 0.1) is 0 Å². The Balaban J connectivity index is 1.91. The molecule has 0 unspecified atom stereocenters. The van der Waals surface area contributed by atoms with Gasteiger partial charge in [0.2, 0.25) is 0 Å². The smallest absolute Gasteiger partial charge is 0.260 e. The van der Waals surface area contributed by atoms with Gasteiger partial charge in [-0.2, -0.15) is 0 Å². The van der Waals surface area contributed by atoms with E-state index in [1.165, 1.54) is 5.48 Å². The van der Waals surface area contributed by atoms with Gasteiger partial charge in [0, 0.05) is 12.1 Å². The lowest BCUT2D eigenvalue weighted by atomic mass is 10.0. The van der Waals surface area contributed by atoms with Gasteiger partial charge in [-0.15, -0.1) is 0 Å². The Labute approximate surface area is 128 Å². The van der Waals surface area contributed by atoms with Gasteiger partial charge in [-0.1, -0.05) is 36.4 Å². The molecule has 0 spiro atoms. The summed E-state index contributed by atoms with van der Waals surface area (Å²) in [6.45, 7) is 0.411. The third-order valence-corrected chi connectivity index (χ3v) is 3.46. The van der Waals surface area contributed by atoms with Crippen LogP contribution in [0.5, 0.6) is 0 Å². The van der Waals surface area contributed by atoms with Crippen molar-refractivity contribution in [2.75, 3.05) is 6.54 Å². The summed E-state index contributed by atoms with van der Waals surface area (Å²) in [5, 5.41) is 13.2. The SMILES string of the molecule is N[C@@H](CCCNC(=O)c1cccc2ccccc12)C(=O)NO. The lowest BCUT2D eigenvalue weighted by Crippen LogP contribution is -2.39. The van der Waals surface area contributed by atoms with Gasteiger partial charge in [-0.05, 0) is 29.7 Å². The molecule has 0 aromatic heterocycles.